The fraction of sp³-hybridized carbons (Fsp3) is 0.875. The maximum absolute atomic E-state index is 11.0. The Hall–Kier alpha value is -0.120. The molecule has 0 aromatic carbocycles. The van der Waals surface area contributed by atoms with E-state index in [-0.39, 0.29) is 0 Å². The van der Waals surface area contributed by atoms with Crippen molar-refractivity contribution in [3.05, 3.63) is 0 Å². The molecule has 2 amide bonds. The minimum absolute atomic E-state index is 0.464. The summed E-state index contributed by atoms with van der Waals surface area (Å²) in [7, 11) is -0.0980. The summed E-state index contributed by atoms with van der Waals surface area (Å²) in [6, 6.07) is -0.765. The Morgan fingerprint density at radius 2 is 2.18 bits per heavy atom. The maximum atomic E-state index is 11.0. The Kier molecular flexibility index (Phi) is 6.45. The first-order valence-electron chi connectivity index (χ1n) is 5.34. The van der Waals surface area contributed by atoms with Gasteiger partial charge in [0.25, 0.3) is 10.2 Å². The van der Waals surface area contributed by atoms with Gasteiger partial charge in [-0.3, -0.25) is 0 Å². The van der Waals surface area contributed by atoms with Gasteiger partial charge in [0.05, 0.1) is 0 Å². The predicted octanol–water partition coefficient (Wildman–Crippen LogP) is 0.813. The Balaban J connectivity index is 1.98. The fourth-order valence-corrected chi connectivity index (χ4v) is 4.79. The lowest BCUT2D eigenvalue weighted by Gasteiger charge is -2.08. The van der Waals surface area contributed by atoms with Crippen molar-refractivity contribution in [2.45, 2.75) is 30.9 Å². The van der Waals surface area contributed by atoms with Crippen molar-refractivity contribution in [2.75, 3.05) is 12.3 Å². The second-order valence-corrected chi connectivity index (χ2v) is 7.81. The van der Waals surface area contributed by atoms with Gasteiger partial charge in [-0.2, -0.15) is 8.42 Å². The lowest BCUT2D eigenvalue weighted by atomic mass is 10.1. The van der Waals surface area contributed by atoms with E-state index in [0.29, 0.717) is 6.54 Å². The molecule has 0 saturated carbocycles. The number of carbonyl (C=O) groups is 1. The SMILES string of the molecule is NS(=O)(=O)NC(=O)NCCCCC1CCSS1. The maximum Gasteiger partial charge on any atom is 0.329 e. The number of amides is 2. The molecule has 1 unspecified atom stereocenters. The Bertz CT molecular complexity index is 341. The molecule has 0 aromatic heterocycles. The van der Waals surface area contributed by atoms with E-state index in [1.54, 1.807) is 4.72 Å². The molecule has 9 heteroatoms. The molecule has 17 heavy (non-hydrogen) atoms. The molecule has 1 heterocycles. The third kappa shape index (κ3) is 7.74. The molecule has 0 bridgehead atoms. The van der Waals surface area contributed by atoms with Crippen molar-refractivity contribution in [3.8, 4) is 0 Å². The van der Waals surface area contributed by atoms with Gasteiger partial charge in [-0.1, -0.05) is 28.0 Å². The highest BCUT2D eigenvalue weighted by molar-refractivity contribution is 8.77. The standard InChI is InChI=1S/C8H17N3O3S3/c9-17(13,14)11-8(12)10-5-2-1-3-7-4-6-15-16-7/h7H,1-6H2,(H2,9,13,14)(H2,10,11,12). The largest absolute Gasteiger partial charge is 0.337 e. The van der Waals surface area contributed by atoms with Gasteiger partial charge in [-0.25, -0.2) is 14.7 Å². The minimum Gasteiger partial charge on any atom is -0.337 e. The van der Waals surface area contributed by atoms with Gasteiger partial charge in [-0.05, 0) is 19.3 Å². The van der Waals surface area contributed by atoms with Crippen LogP contribution in [0.1, 0.15) is 25.7 Å². The van der Waals surface area contributed by atoms with Crippen LogP contribution in [0, 0.1) is 0 Å². The number of urea groups is 1. The van der Waals surface area contributed by atoms with Crippen LogP contribution in [0.2, 0.25) is 0 Å². The number of hydrogen-bond acceptors (Lipinski definition) is 5. The van der Waals surface area contributed by atoms with Gasteiger partial charge >= 0.3 is 6.03 Å². The fourth-order valence-electron chi connectivity index (χ4n) is 1.43. The molecule has 100 valence electrons. The van der Waals surface area contributed by atoms with Gasteiger partial charge in [0.1, 0.15) is 0 Å². The van der Waals surface area contributed by atoms with Crippen molar-refractivity contribution >= 4 is 37.8 Å². The topological polar surface area (TPSA) is 101 Å². The van der Waals surface area contributed by atoms with Crippen molar-refractivity contribution < 1.29 is 13.2 Å². The summed E-state index contributed by atoms with van der Waals surface area (Å²) in [6.45, 7) is 0.464. The highest BCUT2D eigenvalue weighted by Crippen LogP contribution is 2.39. The molecule has 1 rings (SSSR count). The van der Waals surface area contributed by atoms with E-state index < -0.39 is 16.2 Å². The highest BCUT2D eigenvalue weighted by Gasteiger charge is 2.15. The number of hydrogen-bond donors (Lipinski definition) is 3. The molecular formula is C8H17N3O3S3. The van der Waals surface area contributed by atoms with Crippen molar-refractivity contribution in [1.29, 1.82) is 0 Å². The summed E-state index contributed by atoms with van der Waals surface area (Å²) in [6.07, 6.45) is 4.29. The number of nitrogens with one attached hydrogen (secondary N) is 2. The second-order valence-electron chi connectivity index (χ2n) is 3.73. The zero-order valence-electron chi connectivity index (χ0n) is 9.35. The normalized spacial score (nSPS) is 20.2. The summed E-state index contributed by atoms with van der Waals surface area (Å²) >= 11 is 0. The van der Waals surface area contributed by atoms with Crippen LogP contribution in [0.5, 0.6) is 0 Å². The van der Waals surface area contributed by atoms with E-state index in [1.165, 1.54) is 12.2 Å². The van der Waals surface area contributed by atoms with E-state index in [0.717, 1.165) is 24.5 Å². The zero-order valence-corrected chi connectivity index (χ0v) is 11.8. The third-order valence-electron chi connectivity index (χ3n) is 2.20. The van der Waals surface area contributed by atoms with Crippen LogP contribution < -0.4 is 15.2 Å². The van der Waals surface area contributed by atoms with Crippen molar-refractivity contribution in [2.24, 2.45) is 5.14 Å². The number of unbranched alkanes of at least 4 members (excludes halogenated alkanes) is 1. The van der Waals surface area contributed by atoms with Crippen LogP contribution in [-0.4, -0.2) is 32.0 Å². The molecule has 0 radical (unpaired) electrons. The number of carbonyl (C=O) groups excluding carboxylic acids is 1. The van der Waals surface area contributed by atoms with E-state index in [1.807, 2.05) is 21.6 Å². The van der Waals surface area contributed by atoms with Gasteiger partial charge < -0.3 is 5.32 Å². The van der Waals surface area contributed by atoms with E-state index in [4.69, 9.17) is 0 Å². The molecule has 1 aliphatic rings. The number of rotatable bonds is 6. The van der Waals surface area contributed by atoms with Crippen LogP contribution in [0.25, 0.3) is 0 Å². The highest BCUT2D eigenvalue weighted by atomic mass is 33.1. The Labute approximate surface area is 109 Å². The van der Waals surface area contributed by atoms with Gasteiger partial charge in [-0.15, -0.1) is 0 Å². The summed E-state index contributed by atoms with van der Waals surface area (Å²) in [5.41, 5.74) is 0. The average Bonchev–Trinajstić information content (AvgIpc) is 2.67. The van der Waals surface area contributed by atoms with Crippen LogP contribution in [0.3, 0.4) is 0 Å². The van der Waals surface area contributed by atoms with Crippen LogP contribution >= 0.6 is 21.6 Å². The first kappa shape index (κ1) is 14.9. The monoisotopic (exact) mass is 299 g/mol. The molecular weight excluding hydrogens is 282 g/mol. The van der Waals surface area contributed by atoms with E-state index in [9.17, 15) is 13.2 Å². The smallest absolute Gasteiger partial charge is 0.329 e. The molecule has 1 atom stereocenters. The first-order valence-corrected chi connectivity index (χ1v) is 9.27. The Morgan fingerprint density at radius 1 is 1.41 bits per heavy atom. The quantitative estimate of drug-likeness (QED) is 0.498. The predicted molar refractivity (Wildman–Crippen MR) is 71.9 cm³/mol. The molecule has 1 saturated heterocycles. The lowest BCUT2D eigenvalue weighted by Crippen LogP contribution is -2.43. The minimum atomic E-state index is -3.95. The lowest BCUT2D eigenvalue weighted by molar-refractivity contribution is 0.245. The summed E-state index contributed by atoms with van der Waals surface area (Å²) in [4.78, 5) is 11.0. The summed E-state index contributed by atoms with van der Waals surface area (Å²) in [5, 5.41) is 7.82. The first-order chi connectivity index (χ1) is 7.97. The van der Waals surface area contributed by atoms with Crippen LogP contribution in [0.4, 0.5) is 4.79 Å². The van der Waals surface area contributed by atoms with Crippen molar-refractivity contribution in [3.63, 3.8) is 0 Å². The molecule has 0 spiro atoms. The molecule has 0 aromatic rings. The average molecular weight is 299 g/mol. The van der Waals surface area contributed by atoms with Gasteiger partial charge in [0, 0.05) is 17.5 Å². The molecule has 6 nitrogen and oxygen atoms in total. The van der Waals surface area contributed by atoms with Crippen LogP contribution in [-0.2, 0) is 10.2 Å². The van der Waals surface area contributed by atoms with E-state index in [2.05, 4.69) is 10.5 Å². The van der Waals surface area contributed by atoms with Gasteiger partial charge in [0.15, 0.2) is 0 Å². The zero-order chi connectivity index (χ0) is 12.7. The summed E-state index contributed by atoms with van der Waals surface area (Å²) in [5.74, 6) is 1.23. The Morgan fingerprint density at radius 3 is 2.76 bits per heavy atom. The van der Waals surface area contributed by atoms with E-state index >= 15 is 0 Å². The number of nitrogens with two attached hydrogens (primary N) is 1. The molecule has 4 N–H and O–H groups in total. The third-order valence-corrected chi connectivity index (χ3v) is 5.68. The summed E-state index contributed by atoms with van der Waals surface area (Å²) < 4.78 is 22.7. The van der Waals surface area contributed by atoms with Gasteiger partial charge in [0.2, 0.25) is 0 Å². The molecule has 1 aliphatic heterocycles. The second kappa shape index (κ2) is 7.34. The van der Waals surface area contributed by atoms with Crippen LogP contribution in [0.15, 0.2) is 0 Å². The molecule has 1 fully saturated rings. The molecule has 0 aliphatic carbocycles. The van der Waals surface area contributed by atoms with Crippen molar-refractivity contribution in [1.82, 2.24) is 10.0 Å².